The molecule has 2 N–H and O–H groups in total. The normalized spacial score (nSPS) is 15.9. The zero-order chi connectivity index (χ0) is 26.2. The molecular formula is C28H36FN5O3. The van der Waals surface area contributed by atoms with Crippen molar-refractivity contribution in [2.45, 2.75) is 39.0 Å². The van der Waals surface area contributed by atoms with Crippen molar-refractivity contribution in [3.05, 3.63) is 54.3 Å². The predicted molar refractivity (Wildman–Crippen MR) is 143 cm³/mol. The number of anilines is 3. The van der Waals surface area contributed by atoms with Crippen LogP contribution in [0.15, 0.2) is 48.5 Å². The number of nitrogens with zero attached hydrogens (tertiary/aromatic N) is 3. The number of nitrogens with one attached hydrogen (secondary N) is 2. The molecule has 0 unspecified atom stereocenters. The number of carbonyl (C=O) groups excluding carboxylic acids is 3. The first-order chi connectivity index (χ1) is 17.9. The van der Waals surface area contributed by atoms with Gasteiger partial charge in [0, 0.05) is 50.0 Å². The highest BCUT2D eigenvalue weighted by Crippen LogP contribution is 2.27. The molecule has 2 aliphatic rings. The van der Waals surface area contributed by atoms with Gasteiger partial charge in [-0.3, -0.25) is 9.59 Å². The second-order valence-electron chi connectivity index (χ2n) is 9.72. The Hall–Kier alpha value is -3.62. The zero-order valence-corrected chi connectivity index (χ0v) is 21.4. The van der Waals surface area contributed by atoms with Gasteiger partial charge in [0.15, 0.2) is 0 Å². The van der Waals surface area contributed by atoms with E-state index in [-0.39, 0.29) is 36.0 Å². The summed E-state index contributed by atoms with van der Waals surface area (Å²) in [6.07, 6.45) is 4.84. The molecule has 8 nitrogen and oxygen atoms in total. The highest BCUT2D eigenvalue weighted by atomic mass is 19.1. The van der Waals surface area contributed by atoms with Gasteiger partial charge in [0.2, 0.25) is 11.8 Å². The van der Waals surface area contributed by atoms with Crippen molar-refractivity contribution in [2.24, 2.45) is 5.92 Å². The summed E-state index contributed by atoms with van der Waals surface area (Å²) in [5, 5.41) is 5.55. The smallest absolute Gasteiger partial charge is 0.322 e. The van der Waals surface area contributed by atoms with Crippen molar-refractivity contribution in [3.8, 4) is 0 Å². The molecule has 9 heteroatoms. The number of piperazine rings is 1. The van der Waals surface area contributed by atoms with E-state index in [4.69, 9.17) is 0 Å². The molecular weight excluding hydrogens is 473 g/mol. The number of amides is 4. The summed E-state index contributed by atoms with van der Waals surface area (Å²) >= 11 is 0. The van der Waals surface area contributed by atoms with Crippen LogP contribution >= 0.6 is 0 Å². The highest BCUT2D eigenvalue weighted by molar-refractivity contribution is 5.95. The number of hydrogen-bond donors (Lipinski definition) is 2. The third kappa shape index (κ3) is 6.99. The first-order valence-corrected chi connectivity index (χ1v) is 13.2. The Kier molecular flexibility index (Phi) is 8.98. The molecule has 0 bridgehead atoms. The first-order valence-electron chi connectivity index (χ1n) is 13.2. The molecule has 4 amide bonds. The molecule has 2 aromatic carbocycles. The average molecular weight is 510 g/mol. The second-order valence-corrected chi connectivity index (χ2v) is 9.72. The summed E-state index contributed by atoms with van der Waals surface area (Å²) < 4.78 is 13.8. The van der Waals surface area contributed by atoms with Crippen LogP contribution in [0.1, 0.15) is 39.0 Å². The summed E-state index contributed by atoms with van der Waals surface area (Å²) in [6, 6.07) is 13.4. The molecule has 0 aromatic heterocycles. The lowest BCUT2D eigenvalue weighted by molar-refractivity contribution is -0.138. The number of halogens is 1. The Morgan fingerprint density at radius 3 is 2.27 bits per heavy atom. The lowest BCUT2D eigenvalue weighted by atomic mass is 10.1. The van der Waals surface area contributed by atoms with Crippen LogP contribution in [0.2, 0.25) is 0 Å². The predicted octanol–water partition coefficient (Wildman–Crippen LogP) is 4.55. The van der Waals surface area contributed by atoms with E-state index in [0.29, 0.717) is 38.4 Å². The molecule has 1 saturated carbocycles. The summed E-state index contributed by atoms with van der Waals surface area (Å²) in [5.74, 6) is -0.488. The summed E-state index contributed by atoms with van der Waals surface area (Å²) in [4.78, 5) is 43.5. The third-order valence-corrected chi connectivity index (χ3v) is 7.04. The van der Waals surface area contributed by atoms with E-state index in [1.807, 2.05) is 31.2 Å². The molecule has 1 aliphatic heterocycles. The van der Waals surface area contributed by atoms with Crippen molar-refractivity contribution in [2.75, 3.05) is 54.8 Å². The van der Waals surface area contributed by atoms with Gasteiger partial charge in [-0.25, -0.2) is 9.18 Å². The topological polar surface area (TPSA) is 85.0 Å². The number of benzene rings is 2. The van der Waals surface area contributed by atoms with E-state index in [0.717, 1.165) is 37.8 Å². The van der Waals surface area contributed by atoms with Gasteiger partial charge in [-0.2, -0.15) is 0 Å². The Bertz CT molecular complexity index is 1080. The molecule has 1 heterocycles. The summed E-state index contributed by atoms with van der Waals surface area (Å²) in [7, 11) is 0. The molecule has 1 saturated heterocycles. The van der Waals surface area contributed by atoms with Crippen molar-refractivity contribution < 1.29 is 18.8 Å². The maximum atomic E-state index is 13.8. The molecule has 198 valence electrons. The van der Waals surface area contributed by atoms with Gasteiger partial charge >= 0.3 is 6.03 Å². The maximum Gasteiger partial charge on any atom is 0.322 e. The number of carbonyl (C=O) groups is 3. The third-order valence-electron chi connectivity index (χ3n) is 7.04. The van der Waals surface area contributed by atoms with Crippen LogP contribution in [0.4, 0.5) is 26.2 Å². The SMILES string of the molecule is CCCN(CC(=O)Nc1ccc(N2CCN(C(=O)Nc3ccccc3F)CC2)cc1)C(=O)C1CCCC1. The van der Waals surface area contributed by atoms with Crippen LogP contribution < -0.4 is 15.5 Å². The number of hydrogen-bond acceptors (Lipinski definition) is 4. The van der Waals surface area contributed by atoms with E-state index >= 15 is 0 Å². The fourth-order valence-corrected chi connectivity index (χ4v) is 5.02. The van der Waals surface area contributed by atoms with E-state index < -0.39 is 5.82 Å². The van der Waals surface area contributed by atoms with Crippen molar-refractivity contribution in [1.29, 1.82) is 0 Å². The average Bonchev–Trinajstić information content (AvgIpc) is 3.45. The minimum atomic E-state index is -0.458. The number of urea groups is 1. The maximum absolute atomic E-state index is 13.8. The number of para-hydroxylation sites is 1. The second kappa shape index (κ2) is 12.6. The molecule has 0 atom stereocenters. The van der Waals surface area contributed by atoms with E-state index in [1.165, 1.54) is 6.07 Å². The Morgan fingerprint density at radius 2 is 1.62 bits per heavy atom. The van der Waals surface area contributed by atoms with Crippen molar-refractivity contribution in [3.63, 3.8) is 0 Å². The van der Waals surface area contributed by atoms with Crippen molar-refractivity contribution in [1.82, 2.24) is 9.80 Å². The fraction of sp³-hybridized carbons (Fsp3) is 0.464. The van der Waals surface area contributed by atoms with Gasteiger partial charge in [0.25, 0.3) is 0 Å². The van der Waals surface area contributed by atoms with Gasteiger partial charge < -0.3 is 25.3 Å². The van der Waals surface area contributed by atoms with E-state index in [1.54, 1.807) is 28.0 Å². The molecule has 1 aliphatic carbocycles. The van der Waals surface area contributed by atoms with Gasteiger partial charge in [-0.15, -0.1) is 0 Å². The van der Waals surface area contributed by atoms with Crippen LogP contribution in [0.5, 0.6) is 0 Å². The standard InChI is InChI=1S/C28H36FN5O3/c1-2-15-34(27(36)21-7-3-4-8-21)20-26(35)30-22-11-13-23(14-12-22)32-16-18-33(19-17-32)28(37)31-25-10-6-5-9-24(25)29/h5-6,9-14,21H,2-4,7-8,15-20H2,1H3,(H,30,35)(H,31,37). The molecule has 2 fully saturated rings. The summed E-state index contributed by atoms with van der Waals surface area (Å²) in [5.41, 5.74) is 1.85. The largest absolute Gasteiger partial charge is 0.368 e. The monoisotopic (exact) mass is 509 g/mol. The minimum Gasteiger partial charge on any atom is -0.368 e. The lowest BCUT2D eigenvalue weighted by Gasteiger charge is -2.36. The summed E-state index contributed by atoms with van der Waals surface area (Å²) in [6.45, 7) is 4.99. The van der Waals surface area contributed by atoms with Crippen LogP contribution in [-0.4, -0.2) is 66.9 Å². The molecule has 0 radical (unpaired) electrons. The molecule has 2 aromatic rings. The lowest BCUT2D eigenvalue weighted by Crippen LogP contribution is -2.50. The van der Waals surface area contributed by atoms with Gasteiger partial charge in [0.1, 0.15) is 5.82 Å². The minimum absolute atomic E-state index is 0.0599. The molecule has 0 spiro atoms. The van der Waals surface area contributed by atoms with Crippen molar-refractivity contribution >= 4 is 34.9 Å². The van der Waals surface area contributed by atoms with Crippen LogP contribution in [0.25, 0.3) is 0 Å². The fourth-order valence-electron chi connectivity index (χ4n) is 5.02. The van der Waals surface area contributed by atoms with E-state index in [2.05, 4.69) is 15.5 Å². The van der Waals surface area contributed by atoms with Crippen LogP contribution in [-0.2, 0) is 9.59 Å². The molecule has 37 heavy (non-hydrogen) atoms. The number of rotatable bonds is 8. The first kappa shape index (κ1) is 26.4. The van der Waals surface area contributed by atoms with Crippen LogP contribution in [0.3, 0.4) is 0 Å². The Labute approximate surface area is 217 Å². The Balaban J connectivity index is 1.25. The Morgan fingerprint density at radius 1 is 0.946 bits per heavy atom. The van der Waals surface area contributed by atoms with E-state index in [9.17, 15) is 18.8 Å². The highest BCUT2D eigenvalue weighted by Gasteiger charge is 2.28. The van der Waals surface area contributed by atoms with Gasteiger partial charge in [0.05, 0.1) is 12.2 Å². The van der Waals surface area contributed by atoms with Gasteiger partial charge in [-0.1, -0.05) is 31.9 Å². The van der Waals surface area contributed by atoms with Crippen LogP contribution in [0, 0.1) is 11.7 Å². The molecule has 4 rings (SSSR count). The van der Waals surface area contributed by atoms with Gasteiger partial charge in [-0.05, 0) is 55.7 Å². The quantitative estimate of drug-likeness (QED) is 0.547. The zero-order valence-electron chi connectivity index (χ0n) is 21.4.